The predicted octanol–water partition coefficient (Wildman–Crippen LogP) is 0.827. The molecule has 1 aromatic carbocycles. The zero-order valence-electron chi connectivity index (χ0n) is 9.70. The van der Waals surface area contributed by atoms with Crippen molar-refractivity contribution >= 4 is 11.6 Å². The van der Waals surface area contributed by atoms with Crippen molar-refractivity contribution in [3.05, 3.63) is 29.8 Å². The lowest BCUT2D eigenvalue weighted by Crippen LogP contribution is -2.51. The molecule has 18 heavy (non-hydrogen) atoms. The van der Waals surface area contributed by atoms with Crippen LogP contribution in [0.4, 0.5) is 14.5 Å². The standard InChI is InChI=1S/C12H14F2N2O2/c13-9-1-2-11(10(14)3-9)15-12(18)6-16-4-8(5-16)7-17/h1-3,8,17H,4-7H2,(H,15,18). The molecule has 2 N–H and O–H groups in total. The van der Waals surface area contributed by atoms with E-state index < -0.39 is 11.6 Å². The number of nitrogens with zero attached hydrogens (tertiary/aromatic N) is 1. The number of anilines is 1. The number of halogens is 2. The molecule has 0 aromatic heterocycles. The number of carbonyl (C=O) groups is 1. The lowest BCUT2D eigenvalue weighted by atomic mass is 10.0. The average molecular weight is 256 g/mol. The molecule has 1 aromatic rings. The van der Waals surface area contributed by atoms with E-state index in [-0.39, 0.29) is 30.7 Å². The van der Waals surface area contributed by atoms with Crippen molar-refractivity contribution in [2.45, 2.75) is 0 Å². The number of hydrogen-bond donors (Lipinski definition) is 2. The van der Waals surface area contributed by atoms with Gasteiger partial charge in [0.05, 0.1) is 12.2 Å². The maximum Gasteiger partial charge on any atom is 0.238 e. The molecule has 0 spiro atoms. The van der Waals surface area contributed by atoms with Crippen LogP contribution in [-0.4, -0.2) is 42.2 Å². The predicted molar refractivity (Wildman–Crippen MR) is 62.0 cm³/mol. The molecule has 1 aliphatic heterocycles. The number of carbonyl (C=O) groups excluding carboxylic acids is 1. The van der Waals surface area contributed by atoms with Crippen LogP contribution in [0.15, 0.2) is 18.2 Å². The largest absolute Gasteiger partial charge is 0.396 e. The first-order valence-corrected chi connectivity index (χ1v) is 5.66. The van der Waals surface area contributed by atoms with E-state index in [1.165, 1.54) is 6.07 Å². The Morgan fingerprint density at radius 2 is 2.17 bits per heavy atom. The third kappa shape index (κ3) is 3.02. The van der Waals surface area contributed by atoms with Gasteiger partial charge in [-0.3, -0.25) is 9.69 Å². The second kappa shape index (κ2) is 5.41. The van der Waals surface area contributed by atoms with Crippen molar-refractivity contribution < 1.29 is 18.7 Å². The van der Waals surface area contributed by atoms with Crippen molar-refractivity contribution in [1.82, 2.24) is 4.90 Å². The van der Waals surface area contributed by atoms with Crippen molar-refractivity contribution in [2.75, 3.05) is 31.6 Å². The number of aliphatic hydroxyl groups excluding tert-OH is 1. The Labute approximate surface area is 103 Å². The van der Waals surface area contributed by atoms with Crippen molar-refractivity contribution in [3.8, 4) is 0 Å². The molecule has 2 rings (SSSR count). The van der Waals surface area contributed by atoms with Gasteiger partial charge in [0.1, 0.15) is 11.6 Å². The van der Waals surface area contributed by atoms with Gasteiger partial charge in [0.25, 0.3) is 0 Å². The fraction of sp³-hybridized carbons (Fsp3) is 0.417. The third-order valence-corrected chi connectivity index (χ3v) is 2.86. The molecule has 1 saturated heterocycles. The molecule has 98 valence electrons. The summed E-state index contributed by atoms with van der Waals surface area (Å²) in [4.78, 5) is 13.4. The summed E-state index contributed by atoms with van der Waals surface area (Å²) in [6.07, 6.45) is 0. The van der Waals surface area contributed by atoms with Crippen molar-refractivity contribution in [3.63, 3.8) is 0 Å². The first-order chi connectivity index (χ1) is 8.58. The molecule has 1 aliphatic rings. The van der Waals surface area contributed by atoms with Crippen LogP contribution in [0.1, 0.15) is 0 Å². The van der Waals surface area contributed by atoms with Gasteiger partial charge in [-0.25, -0.2) is 8.78 Å². The highest BCUT2D eigenvalue weighted by Gasteiger charge is 2.27. The van der Waals surface area contributed by atoms with Gasteiger partial charge in [-0.1, -0.05) is 0 Å². The molecule has 4 nitrogen and oxygen atoms in total. The summed E-state index contributed by atoms with van der Waals surface area (Å²) >= 11 is 0. The summed E-state index contributed by atoms with van der Waals surface area (Å²) in [7, 11) is 0. The fourth-order valence-electron chi connectivity index (χ4n) is 1.91. The maximum atomic E-state index is 13.3. The van der Waals surface area contributed by atoms with Crippen LogP contribution in [0.3, 0.4) is 0 Å². The number of hydrogen-bond acceptors (Lipinski definition) is 3. The molecular weight excluding hydrogens is 242 g/mol. The molecular formula is C12H14F2N2O2. The van der Waals surface area contributed by atoms with E-state index in [4.69, 9.17) is 5.11 Å². The Hall–Kier alpha value is -1.53. The van der Waals surface area contributed by atoms with Crippen LogP contribution in [0.5, 0.6) is 0 Å². The zero-order valence-corrected chi connectivity index (χ0v) is 9.70. The van der Waals surface area contributed by atoms with Gasteiger partial charge in [-0.05, 0) is 12.1 Å². The van der Waals surface area contributed by atoms with Gasteiger partial charge in [0.2, 0.25) is 5.91 Å². The van der Waals surface area contributed by atoms with Crippen LogP contribution in [0, 0.1) is 17.6 Å². The van der Waals surface area contributed by atoms with Crippen LogP contribution < -0.4 is 5.32 Å². The SMILES string of the molecule is O=C(CN1CC(CO)C1)Nc1ccc(F)cc1F. The lowest BCUT2D eigenvalue weighted by Gasteiger charge is -2.37. The smallest absolute Gasteiger partial charge is 0.238 e. The summed E-state index contributed by atoms with van der Waals surface area (Å²) in [6, 6.07) is 3.00. The van der Waals surface area contributed by atoms with Crippen LogP contribution in [0.25, 0.3) is 0 Å². The van der Waals surface area contributed by atoms with E-state index in [1.807, 2.05) is 4.90 Å². The van der Waals surface area contributed by atoms with Gasteiger partial charge in [0, 0.05) is 31.7 Å². The minimum Gasteiger partial charge on any atom is -0.396 e. The number of rotatable bonds is 4. The molecule has 0 atom stereocenters. The molecule has 1 heterocycles. The van der Waals surface area contributed by atoms with E-state index in [9.17, 15) is 13.6 Å². The second-order valence-electron chi connectivity index (χ2n) is 4.42. The Bertz CT molecular complexity index is 448. The molecule has 0 radical (unpaired) electrons. The Morgan fingerprint density at radius 1 is 1.44 bits per heavy atom. The summed E-state index contributed by atoms with van der Waals surface area (Å²) in [5, 5.41) is 11.2. The summed E-state index contributed by atoms with van der Waals surface area (Å²) < 4.78 is 25.9. The fourth-order valence-corrected chi connectivity index (χ4v) is 1.91. The molecule has 0 aliphatic carbocycles. The van der Waals surface area contributed by atoms with Crippen LogP contribution in [-0.2, 0) is 4.79 Å². The number of benzene rings is 1. The van der Waals surface area contributed by atoms with Crippen LogP contribution in [0.2, 0.25) is 0 Å². The highest BCUT2D eigenvalue weighted by atomic mass is 19.1. The van der Waals surface area contributed by atoms with Crippen molar-refractivity contribution in [2.24, 2.45) is 5.92 Å². The highest BCUT2D eigenvalue weighted by Crippen LogP contribution is 2.16. The van der Waals surface area contributed by atoms with E-state index >= 15 is 0 Å². The lowest BCUT2D eigenvalue weighted by molar-refractivity contribution is -0.119. The molecule has 6 heteroatoms. The minimum absolute atomic E-state index is 0.0272. The monoisotopic (exact) mass is 256 g/mol. The molecule has 1 fully saturated rings. The first kappa shape index (κ1) is 12.9. The zero-order chi connectivity index (χ0) is 13.1. The van der Waals surface area contributed by atoms with E-state index in [0.29, 0.717) is 13.1 Å². The average Bonchev–Trinajstić information content (AvgIpc) is 2.27. The van der Waals surface area contributed by atoms with Crippen LogP contribution >= 0.6 is 0 Å². The minimum atomic E-state index is -0.791. The summed E-state index contributed by atoms with van der Waals surface area (Å²) in [6.45, 7) is 1.59. The number of amides is 1. The van der Waals surface area contributed by atoms with Gasteiger partial charge in [-0.15, -0.1) is 0 Å². The Kier molecular flexibility index (Phi) is 3.88. The Balaban J connectivity index is 1.84. The van der Waals surface area contributed by atoms with Gasteiger partial charge in [-0.2, -0.15) is 0 Å². The Morgan fingerprint density at radius 3 is 2.78 bits per heavy atom. The highest BCUT2D eigenvalue weighted by molar-refractivity contribution is 5.92. The van der Waals surface area contributed by atoms with E-state index in [0.717, 1.165) is 12.1 Å². The quantitative estimate of drug-likeness (QED) is 0.839. The maximum absolute atomic E-state index is 13.3. The molecule has 1 amide bonds. The summed E-state index contributed by atoms with van der Waals surface area (Å²) in [5.74, 6) is -1.60. The van der Waals surface area contributed by atoms with Gasteiger partial charge in [0.15, 0.2) is 0 Å². The van der Waals surface area contributed by atoms with E-state index in [1.54, 1.807) is 0 Å². The van der Waals surface area contributed by atoms with E-state index in [2.05, 4.69) is 5.32 Å². The van der Waals surface area contributed by atoms with Gasteiger partial charge >= 0.3 is 0 Å². The molecule has 0 bridgehead atoms. The molecule has 0 saturated carbocycles. The van der Waals surface area contributed by atoms with Crippen molar-refractivity contribution in [1.29, 1.82) is 0 Å². The first-order valence-electron chi connectivity index (χ1n) is 5.66. The topological polar surface area (TPSA) is 52.6 Å². The second-order valence-corrected chi connectivity index (χ2v) is 4.42. The summed E-state index contributed by atoms with van der Waals surface area (Å²) in [5.41, 5.74) is -0.0272. The number of likely N-dealkylation sites (tertiary alicyclic amines) is 1. The number of nitrogens with one attached hydrogen (secondary N) is 1. The molecule has 0 unspecified atom stereocenters. The number of aliphatic hydroxyl groups is 1. The third-order valence-electron chi connectivity index (χ3n) is 2.86. The van der Waals surface area contributed by atoms with Gasteiger partial charge < -0.3 is 10.4 Å². The normalized spacial score (nSPS) is 16.4.